The van der Waals surface area contributed by atoms with Gasteiger partial charge in [-0.15, -0.1) is 0 Å². The number of primary amides is 1. The smallest absolute Gasteiger partial charge is 0.255 e. The standard InChI is InChI=1S/C31H42N4O7/c1-5-6-11-35(18-9-12-34(4)13-10-18)20-8-7-16-14-17-15-19-24(33(2)3)27(38)23(30(32)41)29(40)31(19,42)28(39)22(17)26(37)21(16)25(20)36/h7-8,17-19,24,36-37,40,42H,5-6,9-15H2,1-4H3,(H2,32,41)/t17-,19+,24+,31+/m1/s1. The fourth-order valence-electron chi connectivity index (χ4n) is 7.57. The molecule has 11 heteroatoms. The summed E-state index contributed by atoms with van der Waals surface area (Å²) in [6.07, 6.45) is 4.11. The van der Waals surface area contributed by atoms with Crippen molar-refractivity contribution in [3.63, 3.8) is 0 Å². The van der Waals surface area contributed by atoms with Gasteiger partial charge in [0.15, 0.2) is 11.4 Å². The van der Waals surface area contributed by atoms with Crippen molar-refractivity contribution in [2.45, 2.75) is 63.1 Å². The number of piperidine rings is 1. The maximum Gasteiger partial charge on any atom is 0.255 e. The lowest BCUT2D eigenvalue weighted by molar-refractivity contribution is -0.153. The van der Waals surface area contributed by atoms with E-state index in [4.69, 9.17) is 5.73 Å². The maximum absolute atomic E-state index is 14.1. The molecular weight excluding hydrogens is 540 g/mol. The molecule has 0 aromatic heterocycles. The van der Waals surface area contributed by atoms with Gasteiger partial charge in [0.1, 0.15) is 22.8 Å². The molecule has 0 bridgehead atoms. The van der Waals surface area contributed by atoms with E-state index >= 15 is 0 Å². The molecule has 42 heavy (non-hydrogen) atoms. The predicted molar refractivity (Wildman–Crippen MR) is 157 cm³/mol. The molecule has 228 valence electrons. The number of carbonyl (C=O) groups excluding carboxylic acids is 3. The molecule has 4 aliphatic rings. The minimum atomic E-state index is -2.64. The van der Waals surface area contributed by atoms with E-state index in [-0.39, 0.29) is 35.8 Å². The first kappa shape index (κ1) is 30.1. The third-order valence-electron chi connectivity index (χ3n) is 9.76. The van der Waals surface area contributed by atoms with Crippen molar-refractivity contribution in [2.24, 2.45) is 17.6 Å². The second kappa shape index (κ2) is 11.0. The Kier molecular flexibility index (Phi) is 7.88. The van der Waals surface area contributed by atoms with Crippen molar-refractivity contribution in [1.29, 1.82) is 0 Å². The summed E-state index contributed by atoms with van der Waals surface area (Å²) in [5.41, 5.74) is 3.19. The summed E-state index contributed by atoms with van der Waals surface area (Å²) in [7, 11) is 5.26. The molecule has 0 radical (unpaired) electrons. The number of hydrogen-bond acceptors (Lipinski definition) is 10. The van der Waals surface area contributed by atoms with Crippen LogP contribution in [-0.2, 0) is 20.8 Å². The molecule has 1 heterocycles. The largest absolute Gasteiger partial charge is 0.508 e. The zero-order chi connectivity index (χ0) is 30.7. The number of nitrogens with two attached hydrogens (primary N) is 1. The number of likely N-dealkylation sites (N-methyl/N-ethyl adjacent to an activating group) is 1. The SMILES string of the molecule is CCCCN(c1ccc2c(c1O)C(O)=C1C(=O)[C@]3(O)C(O)=C(C(N)=O)C(=O)[C@@H](N(C)C)[C@@H]3C[C@H]1C2)C1CCN(C)CC1. The van der Waals surface area contributed by atoms with E-state index < -0.39 is 58.0 Å². The zero-order valence-electron chi connectivity index (χ0n) is 24.8. The molecule has 0 spiro atoms. The van der Waals surface area contributed by atoms with Gasteiger partial charge in [-0.05, 0) is 83.9 Å². The van der Waals surface area contributed by atoms with Gasteiger partial charge in [-0.1, -0.05) is 19.4 Å². The van der Waals surface area contributed by atoms with Crippen LogP contribution >= 0.6 is 0 Å². The van der Waals surface area contributed by atoms with Crippen LogP contribution in [-0.4, -0.2) is 106 Å². The molecule has 11 nitrogen and oxygen atoms in total. The van der Waals surface area contributed by atoms with Gasteiger partial charge in [-0.25, -0.2) is 0 Å². The first-order valence-corrected chi connectivity index (χ1v) is 14.8. The molecule has 1 aliphatic heterocycles. The third-order valence-corrected chi connectivity index (χ3v) is 9.76. The van der Waals surface area contributed by atoms with Crippen LogP contribution in [0.3, 0.4) is 0 Å². The van der Waals surface area contributed by atoms with Crippen LogP contribution in [0.1, 0.15) is 50.2 Å². The topological polar surface area (TPSA) is 168 Å². The Bertz CT molecular complexity index is 1380. The van der Waals surface area contributed by atoms with Gasteiger partial charge in [0.05, 0.1) is 17.3 Å². The molecule has 1 amide bonds. The number of phenols is 1. The average Bonchev–Trinajstić information content (AvgIpc) is 2.92. The number of phenolic OH excluding ortho intramolecular Hbond substituents is 1. The molecular formula is C31H42N4O7. The highest BCUT2D eigenvalue weighted by molar-refractivity contribution is 6.24. The number of rotatable bonds is 7. The fourth-order valence-corrected chi connectivity index (χ4v) is 7.57. The Balaban J connectivity index is 1.62. The monoisotopic (exact) mass is 582 g/mol. The van der Waals surface area contributed by atoms with Crippen LogP contribution in [0.5, 0.6) is 5.75 Å². The summed E-state index contributed by atoms with van der Waals surface area (Å²) < 4.78 is 0. The number of likely N-dealkylation sites (tertiary alicyclic amines) is 1. The van der Waals surface area contributed by atoms with Gasteiger partial charge in [0.2, 0.25) is 5.78 Å². The number of nitrogens with zero attached hydrogens (tertiary/aromatic N) is 3. The number of amides is 1. The van der Waals surface area contributed by atoms with Gasteiger partial charge >= 0.3 is 0 Å². The molecule has 6 N–H and O–H groups in total. The number of fused-ring (bicyclic) bond motifs is 3. The highest BCUT2D eigenvalue weighted by Gasteiger charge is 2.64. The Morgan fingerprint density at radius 3 is 2.40 bits per heavy atom. The number of Topliss-reactive ketones (excluding diaryl/α,β-unsaturated/α-hetero) is 2. The minimum Gasteiger partial charge on any atom is -0.508 e. The van der Waals surface area contributed by atoms with E-state index in [9.17, 15) is 34.8 Å². The van der Waals surface area contributed by atoms with E-state index in [1.807, 2.05) is 12.1 Å². The first-order chi connectivity index (χ1) is 19.8. The van der Waals surface area contributed by atoms with Crippen LogP contribution in [0.15, 0.2) is 29.0 Å². The third kappa shape index (κ3) is 4.49. The Morgan fingerprint density at radius 1 is 1.14 bits per heavy atom. The first-order valence-electron chi connectivity index (χ1n) is 14.8. The molecule has 5 rings (SSSR count). The summed E-state index contributed by atoms with van der Waals surface area (Å²) in [5, 5.41) is 46.1. The highest BCUT2D eigenvalue weighted by Crippen LogP contribution is 2.53. The second-order valence-corrected chi connectivity index (χ2v) is 12.5. The predicted octanol–water partition coefficient (Wildman–Crippen LogP) is 1.66. The molecule has 3 aliphatic carbocycles. The van der Waals surface area contributed by atoms with Crippen molar-refractivity contribution in [1.82, 2.24) is 9.80 Å². The van der Waals surface area contributed by atoms with Crippen molar-refractivity contribution in [3.05, 3.63) is 40.2 Å². The van der Waals surface area contributed by atoms with Gasteiger partial charge < -0.3 is 36.0 Å². The van der Waals surface area contributed by atoms with Gasteiger partial charge in [-0.3, -0.25) is 19.3 Å². The number of benzene rings is 1. The molecule has 0 unspecified atom stereocenters. The van der Waals surface area contributed by atoms with Crippen molar-refractivity contribution < 1.29 is 34.8 Å². The molecule has 1 aromatic carbocycles. The average molecular weight is 583 g/mol. The van der Waals surface area contributed by atoms with Crippen LogP contribution in [0.2, 0.25) is 0 Å². The molecule has 1 saturated heterocycles. The Labute approximate surface area is 245 Å². The quantitative estimate of drug-likeness (QED) is 0.298. The fraction of sp³-hybridized carbons (Fsp3) is 0.581. The van der Waals surface area contributed by atoms with Gasteiger partial charge in [0, 0.05) is 24.1 Å². The number of anilines is 1. The number of unbranched alkanes of at least 4 members (excludes halogenated alkanes) is 1. The normalized spacial score (nSPS) is 28.6. The van der Waals surface area contributed by atoms with Crippen molar-refractivity contribution in [3.8, 4) is 5.75 Å². The Hall–Kier alpha value is -3.41. The summed E-state index contributed by atoms with van der Waals surface area (Å²) in [6, 6.07) is 2.86. The minimum absolute atomic E-state index is 0.0759. The van der Waals surface area contributed by atoms with Crippen molar-refractivity contribution >= 4 is 28.9 Å². The van der Waals surface area contributed by atoms with Crippen LogP contribution in [0, 0.1) is 11.8 Å². The summed E-state index contributed by atoms with van der Waals surface area (Å²) in [6.45, 7) is 4.71. The second-order valence-electron chi connectivity index (χ2n) is 12.5. The van der Waals surface area contributed by atoms with Crippen LogP contribution < -0.4 is 10.6 Å². The van der Waals surface area contributed by atoms with E-state index in [0.29, 0.717) is 11.3 Å². The summed E-state index contributed by atoms with van der Waals surface area (Å²) in [5.74, 6) is -6.33. The number of carbonyl (C=O) groups is 3. The molecule has 1 saturated carbocycles. The molecule has 1 aromatic rings. The van der Waals surface area contributed by atoms with Crippen LogP contribution in [0.25, 0.3) is 5.76 Å². The van der Waals surface area contributed by atoms with Gasteiger partial charge in [0.25, 0.3) is 5.91 Å². The lowest BCUT2D eigenvalue weighted by Gasteiger charge is -2.50. The number of aliphatic hydroxyl groups excluding tert-OH is 2. The van der Waals surface area contributed by atoms with Gasteiger partial charge in [-0.2, -0.15) is 0 Å². The maximum atomic E-state index is 14.1. The number of aromatic hydroxyl groups is 1. The number of hydrogen-bond donors (Lipinski definition) is 5. The number of ketones is 2. The Morgan fingerprint density at radius 2 is 1.81 bits per heavy atom. The van der Waals surface area contributed by atoms with E-state index in [0.717, 1.165) is 45.3 Å². The van der Waals surface area contributed by atoms with Crippen molar-refractivity contribution in [2.75, 3.05) is 45.7 Å². The molecule has 2 fully saturated rings. The van der Waals surface area contributed by atoms with E-state index in [1.54, 1.807) is 14.1 Å². The zero-order valence-corrected chi connectivity index (χ0v) is 24.8. The lowest BCUT2D eigenvalue weighted by atomic mass is 9.57. The van der Waals surface area contributed by atoms with E-state index in [2.05, 4.69) is 23.8 Å². The van der Waals surface area contributed by atoms with E-state index in [1.165, 1.54) is 4.90 Å². The molecule has 4 atom stereocenters. The van der Waals surface area contributed by atoms with Crippen LogP contribution in [0.4, 0.5) is 5.69 Å². The number of aliphatic hydroxyl groups is 3. The summed E-state index contributed by atoms with van der Waals surface area (Å²) in [4.78, 5) is 45.5. The lowest BCUT2D eigenvalue weighted by Crippen LogP contribution is -2.65. The highest BCUT2D eigenvalue weighted by atomic mass is 16.3. The summed E-state index contributed by atoms with van der Waals surface area (Å²) >= 11 is 0.